The van der Waals surface area contributed by atoms with E-state index in [0.29, 0.717) is 6.54 Å². The summed E-state index contributed by atoms with van der Waals surface area (Å²) in [5, 5.41) is 9.65. The topological polar surface area (TPSA) is 81.2 Å². The molecule has 3 fully saturated rings. The summed E-state index contributed by atoms with van der Waals surface area (Å²) < 4.78 is 0. The fourth-order valence-corrected chi connectivity index (χ4v) is 3.49. The Morgan fingerprint density at radius 3 is 2.38 bits per heavy atom. The second-order valence-electron chi connectivity index (χ2n) is 6.14. The van der Waals surface area contributed by atoms with Crippen molar-refractivity contribution >= 4 is 17.8 Å². The van der Waals surface area contributed by atoms with Crippen LogP contribution in [0.25, 0.3) is 0 Å². The quantitative estimate of drug-likeness (QED) is 0.591. The minimum absolute atomic E-state index is 0.101. The van der Waals surface area contributed by atoms with Crippen molar-refractivity contribution in [2.24, 2.45) is 0 Å². The highest BCUT2D eigenvalue weighted by molar-refractivity contribution is 6.44. The molecule has 0 aromatic rings. The fraction of sp³-hybridized carbons (Fsp3) is 0.786. The van der Waals surface area contributed by atoms with Gasteiger partial charge in [-0.25, -0.2) is 9.69 Å². The van der Waals surface area contributed by atoms with Crippen molar-refractivity contribution in [1.29, 1.82) is 0 Å². The lowest BCUT2D eigenvalue weighted by molar-refractivity contribution is -0.144. The van der Waals surface area contributed by atoms with E-state index in [1.165, 1.54) is 0 Å². The normalized spacial score (nSPS) is 29.0. The van der Waals surface area contributed by atoms with Gasteiger partial charge in [-0.15, -0.1) is 0 Å². The number of aliphatic hydroxyl groups excluding tert-OH is 1. The molecule has 1 N–H and O–H groups in total. The Morgan fingerprint density at radius 2 is 1.71 bits per heavy atom. The Labute approximate surface area is 123 Å². The highest BCUT2D eigenvalue weighted by Crippen LogP contribution is 2.28. The van der Waals surface area contributed by atoms with Crippen LogP contribution in [-0.4, -0.2) is 69.6 Å². The van der Waals surface area contributed by atoms with E-state index in [4.69, 9.17) is 0 Å². The van der Waals surface area contributed by atoms with E-state index in [9.17, 15) is 19.5 Å². The number of hydrogen-bond donors (Lipinski definition) is 1. The predicted octanol–water partition coefficient (Wildman–Crippen LogP) is 0.134. The van der Waals surface area contributed by atoms with Crippen LogP contribution in [0, 0.1) is 0 Å². The second kappa shape index (κ2) is 5.73. The van der Waals surface area contributed by atoms with E-state index in [1.54, 1.807) is 0 Å². The molecule has 21 heavy (non-hydrogen) atoms. The van der Waals surface area contributed by atoms with Gasteiger partial charge in [-0.3, -0.25) is 19.4 Å². The first-order chi connectivity index (χ1) is 10.1. The van der Waals surface area contributed by atoms with E-state index in [1.807, 2.05) is 4.90 Å². The smallest absolute Gasteiger partial charge is 0.335 e. The van der Waals surface area contributed by atoms with E-state index < -0.39 is 23.9 Å². The molecule has 0 aromatic heterocycles. The monoisotopic (exact) mass is 295 g/mol. The molecule has 0 unspecified atom stereocenters. The number of imide groups is 2. The standard InChI is InChI=1S/C14H21N3O4/c18-11-6-3-7-15(8-11)9-16-12(19)13(20)17(14(16)21)10-4-1-2-5-10/h10-11,18H,1-9H2/t11-/m1/s1. The Balaban J connectivity index is 1.69. The lowest BCUT2D eigenvalue weighted by Crippen LogP contribution is -2.47. The summed E-state index contributed by atoms with van der Waals surface area (Å²) in [4.78, 5) is 40.5. The molecule has 0 aromatic carbocycles. The predicted molar refractivity (Wildman–Crippen MR) is 73.0 cm³/mol. The van der Waals surface area contributed by atoms with Gasteiger partial charge in [-0.05, 0) is 25.7 Å². The van der Waals surface area contributed by atoms with E-state index in [2.05, 4.69) is 0 Å². The van der Waals surface area contributed by atoms with Crippen LogP contribution >= 0.6 is 0 Å². The molecule has 2 heterocycles. The van der Waals surface area contributed by atoms with Crippen LogP contribution in [-0.2, 0) is 9.59 Å². The molecule has 0 radical (unpaired) electrons. The number of β-amino-alcohol motifs (C(OH)–C–C–N with tert-alkyl or cyclic N) is 1. The van der Waals surface area contributed by atoms with Gasteiger partial charge in [0.25, 0.3) is 0 Å². The zero-order chi connectivity index (χ0) is 15.0. The van der Waals surface area contributed by atoms with Crippen LogP contribution in [0.15, 0.2) is 0 Å². The molecular weight excluding hydrogens is 274 g/mol. The van der Waals surface area contributed by atoms with Crippen molar-refractivity contribution in [1.82, 2.24) is 14.7 Å². The highest BCUT2D eigenvalue weighted by atomic mass is 16.3. The van der Waals surface area contributed by atoms with Gasteiger partial charge in [-0.1, -0.05) is 12.8 Å². The maximum Gasteiger partial charge on any atom is 0.335 e. The van der Waals surface area contributed by atoms with Crippen molar-refractivity contribution < 1.29 is 19.5 Å². The third-order valence-electron chi connectivity index (χ3n) is 4.60. The summed E-state index contributed by atoms with van der Waals surface area (Å²) in [7, 11) is 0. The largest absolute Gasteiger partial charge is 0.392 e. The minimum Gasteiger partial charge on any atom is -0.392 e. The number of amides is 4. The molecule has 3 aliphatic rings. The molecule has 0 spiro atoms. The molecule has 2 aliphatic heterocycles. The highest BCUT2D eigenvalue weighted by Gasteiger charge is 2.48. The number of aliphatic hydroxyl groups is 1. The fourth-order valence-electron chi connectivity index (χ4n) is 3.49. The van der Waals surface area contributed by atoms with Gasteiger partial charge in [0.1, 0.15) is 0 Å². The average Bonchev–Trinajstić information content (AvgIpc) is 3.03. The Morgan fingerprint density at radius 1 is 1.00 bits per heavy atom. The number of likely N-dealkylation sites (tertiary alicyclic amines) is 1. The zero-order valence-electron chi connectivity index (χ0n) is 12.0. The molecule has 7 nitrogen and oxygen atoms in total. The molecule has 0 bridgehead atoms. The molecule has 116 valence electrons. The van der Waals surface area contributed by atoms with Crippen LogP contribution in [0.5, 0.6) is 0 Å². The van der Waals surface area contributed by atoms with Crippen LogP contribution in [0.3, 0.4) is 0 Å². The van der Waals surface area contributed by atoms with Gasteiger partial charge >= 0.3 is 17.8 Å². The first-order valence-electron chi connectivity index (χ1n) is 7.67. The maximum absolute atomic E-state index is 12.4. The SMILES string of the molecule is O=C1C(=O)N(C2CCCC2)C(=O)N1CN1CCC[C@@H](O)C1. The Hall–Kier alpha value is -1.47. The summed E-state index contributed by atoms with van der Waals surface area (Å²) in [5.74, 6) is -1.42. The molecular formula is C14H21N3O4. The van der Waals surface area contributed by atoms with Crippen LogP contribution in [0.4, 0.5) is 4.79 Å². The van der Waals surface area contributed by atoms with Gasteiger partial charge in [0.05, 0.1) is 12.8 Å². The van der Waals surface area contributed by atoms with Gasteiger partial charge in [0.15, 0.2) is 0 Å². The minimum atomic E-state index is -0.730. The van der Waals surface area contributed by atoms with Crippen molar-refractivity contribution in [2.75, 3.05) is 19.8 Å². The summed E-state index contributed by atoms with van der Waals surface area (Å²) in [6, 6.07) is -0.608. The molecule has 1 aliphatic carbocycles. The second-order valence-corrected chi connectivity index (χ2v) is 6.14. The summed E-state index contributed by atoms with van der Waals surface area (Å²) in [6.45, 7) is 1.27. The number of hydrogen-bond acceptors (Lipinski definition) is 5. The van der Waals surface area contributed by atoms with Crippen LogP contribution in [0.1, 0.15) is 38.5 Å². The lowest BCUT2D eigenvalue weighted by atomic mass is 10.1. The number of carbonyl (C=O) groups is 3. The molecule has 2 saturated heterocycles. The summed E-state index contributed by atoms with van der Waals surface area (Å²) >= 11 is 0. The van der Waals surface area contributed by atoms with E-state index >= 15 is 0 Å². The van der Waals surface area contributed by atoms with Crippen molar-refractivity contribution in [3.05, 3.63) is 0 Å². The number of nitrogens with zero attached hydrogens (tertiary/aromatic N) is 3. The van der Waals surface area contributed by atoms with Crippen LogP contribution < -0.4 is 0 Å². The van der Waals surface area contributed by atoms with Gasteiger partial charge in [-0.2, -0.15) is 0 Å². The average molecular weight is 295 g/mol. The summed E-state index contributed by atoms with van der Waals surface area (Å²) in [5.41, 5.74) is 0. The molecule has 4 amide bonds. The Kier molecular flexibility index (Phi) is 3.95. The third-order valence-corrected chi connectivity index (χ3v) is 4.60. The van der Waals surface area contributed by atoms with Crippen molar-refractivity contribution in [3.63, 3.8) is 0 Å². The van der Waals surface area contributed by atoms with E-state index in [0.717, 1.165) is 54.9 Å². The van der Waals surface area contributed by atoms with Gasteiger partial charge in [0.2, 0.25) is 0 Å². The summed E-state index contributed by atoms with van der Waals surface area (Å²) in [6.07, 6.45) is 4.72. The Bertz CT molecular complexity index is 461. The molecule has 3 rings (SSSR count). The lowest BCUT2D eigenvalue weighted by Gasteiger charge is -2.32. The van der Waals surface area contributed by atoms with Gasteiger partial charge in [0, 0.05) is 19.1 Å². The maximum atomic E-state index is 12.4. The first kappa shape index (κ1) is 14.5. The zero-order valence-corrected chi connectivity index (χ0v) is 12.0. The van der Waals surface area contributed by atoms with Gasteiger partial charge < -0.3 is 5.11 Å². The number of piperidine rings is 1. The third kappa shape index (κ3) is 2.67. The van der Waals surface area contributed by atoms with E-state index in [-0.39, 0.29) is 12.7 Å². The number of rotatable bonds is 3. The van der Waals surface area contributed by atoms with Crippen LogP contribution in [0.2, 0.25) is 0 Å². The first-order valence-corrected chi connectivity index (χ1v) is 7.67. The van der Waals surface area contributed by atoms with Crippen molar-refractivity contribution in [2.45, 2.75) is 50.7 Å². The van der Waals surface area contributed by atoms with Crippen molar-refractivity contribution in [3.8, 4) is 0 Å². The molecule has 1 saturated carbocycles. The number of carbonyl (C=O) groups excluding carboxylic acids is 3. The molecule has 1 atom stereocenters. The molecule has 7 heteroatoms. The number of urea groups is 1.